The normalized spacial score (nSPS) is 24.8. The molecule has 0 bridgehead atoms. The van der Waals surface area contributed by atoms with Gasteiger partial charge >= 0.3 is 0 Å². The highest BCUT2D eigenvalue weighted by Crippen LogP contribution is 2.23. The quantitative estimate of drug-likeness (QED) is 0.915. The first-order valence-corrected chi connectivity index (χ1v) is 8.53. The van der Waals surface area contributed by atoms with Crippen LogP contribution in [0.2, 0.25) is 0 Å². The number of anilines is 1. The molecule has 104 valence electrons. The first kappa shape index (κ1) is 13.3. The molecule has 0 aliphatic carbocycles. The Morgan fingerprint density at radius 1 is 1.21 bits per heavy atom. The molecule has 0 spiro atoms. The van der Waals surface area contributed by atoms with E-state index in [0.717, 1.165) is 12.0 Å². The summed E-state index contributed by atoms with van der Waals surface area (Å²) in [7, 11) is 0. The van der Waals surface area contributed by atoms with Crippen LogP contribution in [0.4, 0.5) is 5.69 Å². The number of thioether (sulfide) groups is 1. The Morgan fingerprint density at radius 2 is 2.00 bits per heavy atom. The second-order valence-corrected chi connectivity index (χ2v) is 6.75. The van der Waals surface area contributed by atoms with Crippen molar-refractivity contribution < 1.29 is 0 Å². The minimum absolute atomic E-state index is 0.726. The summed E-state index contributed by atoms with van der Waals surface area (Å²) in [4.78, 5) is 6.57. The first-order chi connectivity index (χ1) is 9.42. The van der Waals surface area contributed by atoms with Crippen molar-refractivity contribution in [2.45, 2.75) is 25.3 Å². The van der Waals surface area contributed by atoms with E-state index in [1.54, 1.807) is 0 Å². The van der Waals surface area contributed by atoms with Crippen LogP contribution in [0.3, 0.4) is 0 Å². The van der Waals surface area contributed by atoms with Crippen molar-refractivity contribution in [3.8, 4) is 0 Å². The van der Waals surface area contributed by atoms with Crippen LogP contribution in [0.25, 0.3) is 0 Å². The molecule has 2 aliphatic rings. The molecule has 1 unspecified atom stereocenters. The van der Waals surface area contributed by atoms with Gasteiger partial charge in [0.05, 0.1) is 0 Å². The summed E-state index contributed by atoms with van der Waals surface area (Å²) in [5, 5.41) is 3.78. The largest absolute Gasteiger partial charge is 0.371 e. The predicted octanol–water partition coefficient (Wildman–Crippen LogP) is 2.39. The predicted molar refractivity (Wildman–Crippen MR) is 82.9 cm³/mol. The Bertz CT molecular complexity index is 370. The minimum atomic E-state index is 0.726. The van der Waals surface area contributed by atoms with Crippen LogP contribution in [0.15, 0.2) is 24.5 Å². The van der Waals surface area contributed by atoms with Crippen LogP contribution in [-0.2, 0) is 0 Å². The molecule has 1 N–H and O–H groups in total. The third kappa shape index (κ3) is 3.63. The molecule has 4 heteroatoms. The van der Waals surface area contributed by atoms with Crippen molar-refractivity contribution in [2.75, 3.05) is 36.0 Å². The fourth-order valence-electron chi connectivity index (χ4n) is 2.97. The highest BCUT2D eigenvalue weighted by atomic mass is 32.2. The molecule has 0 aromatic carbocycles. The number of aromatic nitrogens is 1. The van der Waals surface area contributed by atoms with E-state index in [9.17, 15) is 0 Å². The molecule has 1 atom stereocenters. The maximum absolute atomic E-state index is 4.09. The van der Waals surface area contributed by atoms with Crippen LogP contribution in [0.1, 0.15) is 19.3 Å². The van der Waals surface area contributed by atoms with Crippen LogP contribution in [0, 0.1) is 5.92 Å². The van der Waals surface area contributed by atoms with Gasteiger partial charge in [0, 0.05) is 37.2 Å². The third-order valence-corrected chi connectivity index (χ3v) is 5.47. The van der Waals surface area contributed by atoms with E-state index in [1.807, 2.05) is 12.4 Å². The number of pyridine rings is 1. The first-order valence-electron chi connectivity index (χ1n) is 7.38. The Labute approximate surface area is 120 Å². The van der Waals surface area contributed by atoms with Gasteiger partial charge in [-0.25, -0.2) is 0 Å². The number of hydrogen-bond acceptors (Lipinski definition) is 4. The second-order valence-electron chi connectivity index (χ2n) is 5.60. The number of nitrogens with zero attached hydrogens (tertiary/aromatic N) is 2. The monoisotopic (exact) mass is 277 g/mol. The zero-order valence-corrected chi connectivity index (χ0v) is 12.2. The molecule has 0 saturated carbocycles. The van der Waals surface area contributed by atoms with Gasteiger partial charge in [-0.1, -0.05) is 0 Å². The molecule has 2 saturated heterocycles. The highest BCUT2D eigenvalue weighted by molar-refractivity contribution is 7.99. The maximum Gasteiger partial charge on any atom is 0.0397 e. The van der Waals surface area contributed by atoms with Gasteiger partial charge in [0.1, 0.15) is 0 Å². The van der Waals surface area contributed by atoms with Crippen molar-refractivity contribution in [2.24, 2.45) is 5.92 Å². The zero-order valence-electron chi connectivity index (χ0n) is 11.4. The molecule has 1 aromatic heterocycles. The van der Waals surface area contributed by atoms with Crippen LogP contribution in [-0.4, -0.2) is 42.2 Å². The van der Waals surface area contributed by atoms with E-state index in [1.165, 1.54) is 56.1 Å². The summed E-state index contributed by atoms with van der Waals surface area (Å²) in [6, 6.07) is 4.95. The van der Waals surface area contributed by atoms with Crippen molar-refractivity contribution in [1.82, 2.24) is 10.3 Å². The van der Waals surface area contributed by atoms with Gasteiger partial charge in [-0.3, -0.25) is 4.98 Å². The fraction of sp³-hybridized carbons (Fsp3) is 0.667. The Kier molecular flexibility index (Phi) is 4.62. The van der Waals surface area contributed by atoms with Gasteiger partial charge < -0.3 is 10.2 Å². The number of nitrogens with one attached hydrogen (secondary N) is 1. The topological polar surface area (TPSA) is 28.2 Å². The average Bonchev–Trinajstić information content (AvgIpc) is 3.00. The number of rotatable bonds is 4. The minimum Gasteiger partial charge on any atom is -0.371 e. The van der Waals surface area contributed by atoms with Gasteiger partial charge in [-0.15, -0.1) is 0 Å². The molecule has 2 fully saturated rings. The van der Waals surface area contributed by atoms with E-state index < -0.39 is 0 Å². The summed E-state index contributed by atoms with van der Waals surface area (Å²) in [6.07, 6.45) is 7.72. The summed E-state index contributed by atoms with van der Waals surface area (Å²) < 4.78 is 0. The smallest absolute Gasteiger partial charge is 0.0397 e. The van der Waals surface area contributed by atoms with Crippen molar-refractivity contribution in [1.29, 1.82) is 0 Å². The molecule has 3 nitrogen and oxygen atoms in total. The van der Waals surface area contributed by atoms with E-state index in [4.69, 9.17) is 0 Å². The number of piperidine rings is 1. The van der Waals surface area contributed by atoms with Gasteiger partial charge in [-0.05, 0) is 55.4 Å². The third-order valence-electron chi connectivity index (χ3n) is 4.24. The second kappa shape index (κ2) is 6.62. The van der Waals surface area contributed by atoms with E-state index in [0.29, 0.717) is 0 Å². The van der Waals surface area contributed by atoms with Gasteiger partial charge in [-0.2, -0.15) is 11.8 Å². The zero-order chi connectivity index (χ0) is 12.9. The molecule has 0 radical (unpaired) electrons. The Hall–Kier alpha value is -0.740. The molecular weight excluding hydrogens is 254 g/mol. The van der Waals surface area contributed by atoms with Crippen molar-refractivity contribution in [3.05, 3.63) is 24.5 Å². The fourth-order valence-corrected chi connectivity index (χ4v) is 4.26. The highest BCUT2D eigenvalue weighted by Gasteiger charge is 2.21. The summed E-state index contributed by atoms with van der Waals surface area (Å²) >= 11 is 2.11. The summed E-state index contributed by atoms with van der Waals surface area (Å²) in [6.45, 7) is 3.56. The standard InChI is InChI=1S/C15H23N3S/c1-6-16-7-2-15(1)18-8-3-14(4-9-18)17-11-13-5-10-19-12-13/h1-2,6-7,13-14,17H,3-5,8-12H2. The molecule has 3 heterocycles. The lowest BCUT2D eigenvalue weighted by molar-refractivity contribution is 0.386. The maximum atomic E-state index is 4.09. The van der Waals surface area contributed by atoms with Crippen LogP contribution in [0.5, 0.6) is 0 Å². The van der Waals surface area contributed by atoms with Gasteiger partial charge in [0.2, 0.25) is 0 Å². The molecule has 3 rings (SSSR count). The van der Waals surface area contributed by atoms with E-state index >= 15 is 0 Å². The van der Waals surface area contributed by atoms with Crippen LogP contribution >= 0.6 is 11.8 Å². The van der Waals surface area contributed by atoms with Crippen LogP contribution < -0.4 is 10.2 Å². The lowest BCUT2D eigenvalue weighted by Gasteiger charge is -2.34. The lowest BCUT2D eigenvalue weighted by atomic mass is 10.0. The van der Waals surface area contributed by atoms with Gasteiger partial charge in [0.25, 0.3) is 0 Å². The summed E-state index contributed by atoms with van der Waals surface area (Å²) in [5.41, 5.74) is 1.32. The summed E-state index contributed by atoms with van der Waals surface area (Å²) in [5.74, 6) is 3.65. The van der Waals surface area contributed by atoms with Crippen molar-refractivity contribution in [3.63, 3.8) is 0 Å². The molecule has 0 amide bonds. The molecule has 1 aromatic rings. The van der Waals surface area contributed by atoms with E-state index in [2.05, 4.69) is 39.1 Å². The number of hydrogen-bond donors (Lipinski definition) is 1. The Morgan fingerprint density at radius 3 is 2.68 bits per heavy atom. The van der Waals surface area contributed by atoms with Crippen molar-refractivity contribution >= 4 is 17.4 Å². The average molecular weight is 277 g/mol. The lowest BCUT2D eigenvalue weighted by Crippen LogP contribution is -2.44. The van der Waals surface area contributed by atoms with E-state index in [-0.39, 0.29) is 0 Å². The SMILES string of the molecule is c1cc(N2CCC(NCC3CCSC3)CC2)ccn1. The molecule has 2 aliphatic heterocycles. The molecular formula is C15H23N3S. The van der Waals surface area contributed by atoms with Gasteiger partial charge in [0.15, 0.2) is 0 Å². The molecule has 19 heavy (non-hydrogen) atoms. The Balaban J connectivity index is 1.42.